The summed E-state index contributed by atoms with van der Waals surface area (Å²) in [5.74, 6) is 0. The molecule has 1 aliphatic carbocycles. The predicted molar refractivity (Wildman–Crippen MR) is 43.7 cm³/mol. The molecule has 0 radical (unpaired) electrons. The summed E-state index contributed by atoms with van der Waals surface area (Å²) < 4.78 is 0. The average Bonchev–Trinajstić information content (AvgIpc) is 2.34. The molecular weight excluding hydrogens is 124 g/mol. The average molecular weight is 138 g/mol. The summed E-state index contributed by atoms with van der Waals surface area (Å²) in [6.07, 6.45) is 8.31. The normalized spacial score (nSPS) is 20.2. The highest BCUT2D eigenvalue weighted by atomic mass is 14.9. The van der Waals surface area contributed by atoms with Crippen LogP contribution in [0.1, 0.15) is 6.92 Å². The molecule has 0 aromatic heterocycles. The number of hydrogen-bond donors (Lipinski definition) is 2. The van der Waals surface area contributed by atoms with Gasteiger partial charge in [0.2, 0.25) is 0 Å². The quantitative estimate of drug-likeness (QED) is 0.593. The highest BCUT2D eigenvalue weighted by Crippen LogP contribution is 1.97. The highest BCUT2D eigenvalue weighted by molar-refractivity contribution is 5.21. The fraction of sp³-hybridized carbons (Fsp3) is 0.500. The van der Waals surface area contributed by atoms with E-state index in [0.717, 1.165) is 6.54 Å². The maximum Gasteiger partial charge on any atom is 0.0442 e. The molecule has 2 heteroatoms. The minimum Gasteiger partial charge on any atom is -0.327 e. The maximum absolute atomic E-state index is 5.56. The molecule has 0 saturated heterocycles. The van der Waals surface area contributed by atoms with Crippen LogP contribution in [-0.4, -0.2) is 18.6 Å². The minimum atomic E-state index is 0.238. The first-order valence-corrected chi connectivity index (χ1v) is 3.63. The summed E-state index contributed by atoms with van der Waals surface area (Å²) in [4.78, 5) is 0. The standard InChI is InChI=1S/C8H14N2/c1-7(9)6-10-8-4-2-3-5-8/h2-5,7-8,10H,6,9H2,1H3. The van der Waals surface area contributed by atoms with E-state index < -0.39 is 0 Å². The number of rotatable bonds is 3. The Bertz CT molecular complexity index is 135. The van der Waals surface area contributed by atoms with Gasteiger partial charge in [0.25, 0.3) is 0 Å². The molecule has 0 spiro atoms. The third-order valence-corrected chi connectivity index (χ3v) is 1.42. The molecule has 0 aliphatic heterocycles. The number of allylic oxidation sites excluding steroid dienone is 2. The fourth-order valence-electron chi connectivity index (χ4n) is 0.890. The Morgan fingerprint density at radius 1 is 1.50 bits per heavy atom. The smallest absolute Gasteiger partial charge is 0.0442 e. The Kier molecular flexibility index (Phi) is 2.66. The molecule has 0 bridgehead atoms. The topological polar surface area (TPSA) is 38.0 Å². The summed E-state index contributed by atoms with van der Waals surface area (Å²) in [6, 6.07) is 0.647. The lowest BCUT2D eigenvalue weighted by molar-refractivity contribution is 0.601. The van der Waals surface area contributed by atoms with Crippen molar-refractivity contribution >= 4 is 0 Å². The van der Waals surface area contributed by atoms with Crippen LogP contribution in [0.15, 0.2) is 24.3 Å². The van der Waals surface area contributed by atoms with Crippen LogP contribution >= 0.6 is 0 Å². The van der Waals surface area contributed by atoms with E-state index in [1.54, 1.807) is 0 Å². The van der Waals surface area contributed by atoms with Crippen molar-refractivity contribution in [3.05, 3.63) is 24.3 Å². The van der Waals surface area contributed by atoms with E-state index >= 15 is 0 Å². The van der Waals surface area contributed by atoms with Gasteiger partial charge in [0, 0.05) is 18.6 Å². The molecule has 0 heterocycles. The van der Waals surface area contributed by atoms with Gasteiger partial charge >= 0.3 is 0 Å². The molecular formula is C8H14N2. The van der Waals surface area contributed by atoms with Crippen molar-refractivity contribution in [2.75, 3.05) is 6.54 Å². The van der Waals surface area contributed by atoms with Crippen molar-refractivity contribution in [2.45, 2.75) is 19.0 Å². The van der Waals surface area contributed by atoms with Gasteiger partial charge in [-0.1, -0.05) is 24.3 Å². The van der Waals surface area contributed by atoms with Gasteiger partial charge in [0.1, 0.15) is 0 Å². The Morgan fingerprint density at radius 2 is 2.10 bits per heavy atom. The van der Waals surface area contributed by atoms with Crippen LogP contribution in [0.4, 0.5) is 0 Å². The molecule has 0 aromatic carbocycles. The van der Waals surface area contributed by atoms with Crippen molar-refractivity contribution in [1.82, 2.24) is 5.32 Å². The third kappa shape index (κ3) is 2.33. The van der Waals surface area contributed by atoms with Crippen LogP contribution in [0, 0.1) is 0 Å². The number of hydrogen-bond acceptors (Lipinski definition) is 2. The van der Waals surface area contributed by atoms with E-state index in [9.17, 15) is 0 Å². The van der Waals surface area contributed by atoms with Crippen LogP contribution in [0.25, 0.3) is 0 Å². The second-order valence-electron chi connectivity index (χ2n) is 2.68. The first-order chi connectivity index (χ1) is 4.79. The lowest BCUT2D eigenvalue weighted by Gasteiger charge is -2.10. The molecule has 1 unspecified atom stereocenters. The molecule has 56 valence electrons. The summed E-state index contributed by atoms with van der Waals surface area (Å²) in [7, 11) is 0. The summed E-state index contributed by atoms with van der Waals surface area (Å²) >= 11 is 0. The van der Waals surface area contributed by atoms with Crippen molar-refractivity contribution in [1.29, 1.82) is 0 Å². The minimum absolute atomic E-state index is 0.238. The van der Waals surface area contributed by atoms with E-state index in [-0.39, 0.29) is 6.04 Å². The molecule has 0 fully saturated rings. The Hall–Kier alpha value is -0.600. The molecule has 3 N–H and O–H groups in total. The molecule has 10 heavy (non-hydrogen) atoms. The largest absolute Gasteiger partial charge is 0.327 e. The SMILES string of the molecule is CC(N)CNC1C=CC=C1. The number of nitrogens with one attached hydrogen (secondary N) is 1. The van der Waals surface area contributed by atoms with Crippen LogP contribution in [0.2, 0.25) is 0 Å². The predicted octanol–water partition coefficient (Wildman–Crippen LogP) is 0.418. The van der Waals surface area contributed by atoms with Crippen molar-refractivity contribution in [3.63, 3.8) is 0 Å². The Balaban J connectivity index is 2.14. The van der Waals surface area contributed by atoms with Crippen molar-refractivity contribution < 1.29 is 0 Å². The molecule has 0 saturated carbocycles. The molecule has 1 aliphatic rings. The van der Waals surface area contributed by atoms with E-state index in [2.05, 4.69) is 17.5 Å². The van der Waals surface area contributed by atoms with Gasteiger partial charge in [-0.2, -0.15) is 0 Å². The van der Waals surface area contributed by atoms with Crippen LogP contribution in [0.3, 0.4) is 0 Å². The van der Waals surface area contributed by atoms with Gasteiger partial charge in [0.05, 0.1) is 0 Å². The second-order valence-corrected chi connectivity index (χ2v) is 2.68. The molecule has 2 nitrogen and oxygen atoms in total. The van der Waals surface area contributed by atoms with Gasteiger partial charge in [-0.3, -0.25) is 0 Å². The zero-order chi connectivity index (χ0) is 7.40. The summed E-state index contributed by atoms with van der Waals surface area (Å²) in [5, 5.41) is 3.28. The lowest BCUT2D eigenvalue weighted by atomic mass is 10.3. The van der Waals surface area contributed by atoms with Crippen LogP contribution in [0.5, 0.6) is 0 Å². The van der Waals surface area contributed by atoms with E-state index in [4.69, 9.17) is 5.73 Å². The number of nitrogens with two attached hydrogens (primary N) is 1. The third-order valence-electron chi connectivity index (χ3n) is 1.42. The van der Waals surface area contributed by atoms with Gasteiger partial charge in [0.15, 0.2) is 0 Å². The van der Waals surface area contributed by atoms with E-state index in [1.165, 1.54) is 0 Å². The van der Waals surface area contributed by atoms with E-state index in [1.807, 2.05) is 19.1 Å². The van der Waals surface area contributed by atoms with Crippen LogP contribution in [-0.2, 0) is 0 Å². The fourth-order valence-corrected chi connectivity index (χ4v) is 0.890. The zero-order valence-electron chi connectivity index (χ0n) is 6.25. The zero-order valence-corrected chi connectivity index (χ0v) is 6.25. The Labute approximate surface area is 61.8 Å². The summed E-state index contributed by atoms with van der Waals surface area (Å²) in [5.41, 5.74) is 5.56. The highest BCUT2D eigenvalue weighted by Gasteiger charge is 2.02. The van der Waals surface area contributed by atoms with Gasteiger partial charge < -0.3 is 11.1 Å². The van der Waals surface area contributed by atoms with Gasteiger partial charge in [-0.25, -0.2) is 0 Å². The first-order valence-electron chi connectivity index (χ1n) is 3.63. The Morgan fingerprint density at radius 3 is 2.60 bits per heavy atom. The van der Waals surface area contributed by atoms with Gasteiger partial charge in [-0.05, 0) is 6.92 Å². The summed E-state index contributed by atoms with van der Waals surface area (Å²) in [6.45, 7) is 2.87. The lowest BCUT2D eigenvalue weighted by Crippen LogP contribution is -2.35. The van der Waals surface area contributed by atoms with E-state index in [0.29, 0.717) is 6.04 Å². The molecule has 1 rings (SSSR count). The first kappa shape index (κ1) is 7.51. The second kappa shape index (κ2) is 3.54. The molecule has 1 atom stereocenters. The van der Waals surface area contributed by atoms with Crippen molar-refractivity contribution in [3.8, 4) is 0 Å². The molecule has 0 aromatic rings. The van der Waals surface area contributed by atoms with Crippen LogP contribution < -0.4 is 11.1 Å². The molecule has 0 amide bonds. The van der Waals surface area contributed by atoms with Crippen molar-refractivity contribution in [2.24, 2.45) is 5.73 Å². The van der Waals surface area contributed by atoms with Gasteiger partial charge in [-0.15, -0.1) is 0 Å². The maximum atomic E-state index is 5.56. The monoisotopic (exact) mass is 138 g/mol.